The first kappa shape index (κ1) is 17.1. The number of anilines is 2. The second-order valence-electron chi connectivity index (χ2n) is 5.08. The van der Waals surface area contributed by atoms with Crippen LogP contribution in [-0.4, -0.2) is 22.7 Å². The number of benzene rings is 1. The van der Waals surface area contributed by atoms with Crippen molar-refractivity contribution in [1.29, 1.82) is 0 Å². The van der Waals surface area contributed by atoms with Gasteiger partial charge in [0.2, 0.25) is 17.7 Å². The van der Waals surface area contributed by atoms with Crippen molar-refractivity contribution in [1.82, 2.24) is 10.3 Å². The summed E-state index contributed by atoms with van der Waals surface area (Å²) in [4.78, 5) is 38.6. The van der Waals surface area contributed by atoms with E-state index in [1.807, 2.05) is 6.07 Å². The minimum atomic E-state index is -0.416. The second kappa shape index (κ2) is 8.42. The van der Waals surface area contributed by atoms with Crippen molar-refractivity contribution in [3.8, 4) is 0 Å². The zero-order chi connectivity index (χ0) is 17.4. The Bertz CT molecular complexity index is 714. The van der Waals surface area contributed by atoms with E-state index in [0.717, 1.165) is 5.69 Å². The second-order valence-corrected chi connectivity index (χ2v) is 5.08. The first-order valence-corrected chi connectivity index (χ1v) is 7.37. The van der Waals surface area contributed by atoms with Crippen LogP contribution in [0.3, 0.4) is 0 Å². The minimum Gasteiger partial charge on any atom is -0.350 e. The highest BCUT2D eigenvalue weighted by atomic mass is 16.2. The summed E-state index contributed by atoms with van der Waals surface area (Å²) >= 11 is 0. The Morgan fingerprint density at radius 3 is 2.17 bits per heavy atom. The quantitative estimate of drug-likeness (QED) is 0.703. The molecule has 0 saturated heterocycles. The van der Waals surface area contributed by atoms with Crippen molar-refractivity contribution in [3.63, 3.8) is 0 Å². The van der Waals surface area contributed by atoms with Gasteiger partial charge < -0.3 is 16.0 Å². The van der Waals surface area contributed by atoms with Gasteiger partial charge in [0.1, 0.15) is 6.42 Å². The summed E-state index contributed by atoms with van der Waals surface area (Å²) in [5.41, 5.74) is 1.90. The van der Waals surface area contributed by atoms with Gasteiger partial charge in [-0.2, -0.15) is 0 Å². The molecule has 0 aliphatic heterocycles. The van der Waals surface area contributed by atoms with Crippen LogP contribution >= 0.6 is 0 Å². The fourth-order valence-corrected chi connectivity index (χ4v) is 1.95. The lowest BCUT2D eigenvalue weighted by atomic mass is 10.2. The number of hydrogen-bond acceptors (Lipinski definition) is 4. The van der Waals surface area contributed by atoms with E-state index in [1.165, 1.54) is 6.92 Å². The van der Waals surface area contributed by atoms with Crippen molar-refractivity contribution in [2.75, 3.05) is 10.6 Å². The molecule has 0 aliphatic rings. The highest BCUT2D eigenvalue weighted by Gasteiger charge is 2.09. The zero-order valence-electron chi connectivity index (χ0n) is 13.2. The Balaban J connectivity index is 1.77. The summed E-state index contributed by atoms with van der Waals surface area (Å²) in [6.07, 6.45) is 1.36. The standard InChI is InChI=1S/C17H18N4O3/c1-12(22)20-13-5-7-14(8-6-13)21-17(24)10-16(23)19-11-15-4-2-3-9-18-15/h2-9H,10-11H2,1H3,(H,19,23)(H,20,22)(H,21,24). The fraction of sp³-hybridized carbons (Fsp3) is 0.176. The Hall–Kier alpha value is -3.22. The van der Waals surface area contributed by atoms with Crippen molar-refractivity contribution in [3.05, 3.63) is 54.4 Å². The van der Waals surface area contributed by atoms with E-state index in [4.69, 9.17) is 0 Å². The van der Waals surface area contributed by atoms with Crippen LogP contribution in [0.2, 0.25) is 0 Å². The molecule has 1 aromatic heterocycles. The molecule has 3 amide bonds. The molecular formula is C17H18N4O3. The molecule has 7 nitrogen and oxygen atoms in total. The van der Waals surface area contributed by atoms with Crippen molar-refractivity contribution >= 4 is 29.1 Å². The predicted molar refractivity (Wildman–Crippen MR) is 90.1 cm³/mol. The molecule has 7 heteroatoms. The number of rotatable bonds is 6. The van der Waals surface area contributed by atoms with Crippen LogP contribution in [0.15, 0.2) is 48.7 Å². The van der Waals surface area contributed by atoms with Gasteiger partial charge in [0, 0.05) is 24.5 Å². The number of nitrogens with one attached hydrogen (secondary N) is 3. The summed E-state index contributed by atoms with van der Waals surface area (Å²) in [5.74, 6) is -0.967. The maximum absolute atomic E-state index is 11.8. The number of pyridine rings is 1. The molecule has 0 radical (unpaired) electrons. The molecule has 3 N–H and O–H groups in total. The van der Waals surface area contributed by atoms with E-state index < -0.39 is 5.91 Å². The fourth-order valence-electron chi connectivity index (χ4n) is 1.95. The van der Waals surface area contributed by atoms with Gasteiger partial charge in [-0.3, -0.25) is 19.4 Å². The smallest absolute Gasteiger partial charge is 0.233 e. The highest BCUT2D eigenvalue weighted by molar-refractivity contribution is 6.03. The summed E-state index contributed by atoms with van der Waals surface area (Å²) in [5, 5.41) is 7.89. The normalized spacial score (nSPS) is 9.88. The number of aromatic nitrogens is 1. The van der Waals surface area contributed by atoms with Crippen LogP contribution < -0.4 is 16.0 Å². The molecule has 0 aliphatic carbocycles. The molecule has 1 aromatic carbocycles. The molecule has 0 atom stereocenters. The summed E-state index contributed by atoms with van der Waals surface area (Å²) in [6.45, 7) is 1.69. The van der Waals surface area contributed by atoms with Crippen LogP contribution in [0.4, 0.5) is 11.4 Å². The van der Waals surface area contributed by atoms with Gasteiger partial charge in [0.25, 0.3) is 0 Å². The van der Waals surface area contributed by atoms with Crippen molar-refractivity contribution in [2.45, 2.75) is 19.9 Å². The van der Waals surface area contributed by atoms with Gasteiger partial charge in [0.15, 0.2) is 0 Å². The largest absolute Gasteiger partial charge is 0.350 e. The van der Waals surface area contributed by atoms with Gasteiger partial charge in [-0.15, -0.1) is 0 Å². The topological polar surface area (TPSA) is 100 Å². The van der Waals surface area contributed by atoms with E-state index in [1.54, 1.807) is 42.6 Å². The minimum absolute atomic E-state index is 0.170. The highest BCUT2D eigenvalue weighted by Crippen LogP contribution is 2.13. The SMILES string of the molecule is CC(=O)Nc1ccc(NC(=O)CC(=O)NCc2ccccn2)cc1. The van der Waals surface area contributed by atoms with Gasteiger partial charge >= 0.3 is 0 Å². The molecule has 124 valence electrons. The lowest BCUT2D eigenvalue weighted by molar-refractivity contribution is -0.127. The van der Waals surface area contributed by atoms with E-state index in [-0.39, 0.29) is 24.8 Å². The Morgan fingerprint density at radius 1 is 0.917 bits per heavy atom. The lowest BCUT2D eigenvalue weighted by Gasteiger charge is -2.07. The molecule has 24 heavy (non-hydrogen) atoms. The van der Waals surface area contributed by atoms with Crippen LogP contribution in [0, 0.1) is 0 Å². The van der Waals surface area contributed by atoms with Gasteiger partial charge in [-0.1, -0.05) is 6.07 Å². The Labute approximate surface area is 139 Å². The molecule has 0 saturated carbocycles. The monoisotopic (exact) mass is 326 g/mol. The van der Waals surface area contributed by atoms with E-state index in [0.29, 0.717) is 11.4 Å². The lowest BCUT2D eigenvalue weighted by Crippen LogP contribution is -2.28. The number of hydrogen-bond donors (Lipinski definition) is 3. The third kappa shape index (κ3) is 5.88. The maximum atomic E-state index is 11.8. The van der Waals surface area contributed by atoms with Crippen LogP contribution in [0.25, 0.3) is 0 Å². The molecular weight excluding hydrogens is 308 g/mol. The third-order valence-corrected chi connectivity index (χ3v) is 3.00. The van der Waals surface area contributed by atoms with Crippen LogP contribution in [0.5, 0.6) is 0 Å². The zero-order valence-corrected chi connectivity index (χ0v) is 13.2. The van der Waals surface area contributed by atoms with Gasteiger partial charge in [0.05, 0.1) is 12.2 Å². The molecule has 0 fully saturated rings. The molecule has 0 bridgehead atoms. The number of amides is 3. The number of carbonyl (C=O) groups excluding carboxylic acids is 3. The van der Waals surface area contributed by atoms with Crippen molar-refractivity contribution in [2.24, 2.45) is 0 Å². The first-order chi connectivity index (χ1) is 11.5. The number of carbonyl (C=O) groups is 3. The first-order valence-electron chi connectivity index (χ1n) is 7.37. The molecule has 2 rings (SSSR count). The molecule has 1 heterocycles. The molecule has 2 aromatic rings. The summed E-state index contributed by atoms with van der Waals surface area (Å²) in [6, 6.07) is 12.0. The average molecular weight is 326 g/mol. The van der Waals surface area contributed by atoms with E-state index in [2.05, 4.69) is 20.9 Å². The summed E-state index contributed by atoms with van der Waals surface area (Å²) in [7, 11) is 0. The number of nitrogens with zero attached hydrogens (tertiary/aromatic N) is 1. The maximum Gasteiger partial charge on any atom is 0.233 e. The Kier molecular flexibility index (Phi) is 6.01. The molecule has 0 spiro atoms. The van der Waals surface area contributed by atoms with Crippen molar-refractivity contribution < 1.29 is 14.4 Å². The van der Waals surface area contributed by atoms with Crippen LogP contribution in [-0.2, 0) is 20.9 Å². The van der Waals surface area contributed by atoms with Gasteiger partial charge in [-0.25, -0.2) is 0 Å². The molecule has 0 unspecified atom stereocenters. The third-order valence-electron chi connectivity index (χ3n) is 3.00. The Morgan fingerprint density at radius 2 is 1.58 bits per heavy atom. The van der Waals surface area contributed by atoms with Crippen LogP contribution in [0.1, 0.15) is 19.0 Å². The van der Waals surface area contributed by atoms with Gasteiger partial charge in [-0.05, 0) is 36.4 Å². The van der Waals surface area contributed by atoms with E-state index in [9.17, 15) is 14.4 Å². The average Bonchev–Trinajstić information content (AvgIpc) is 2.55. The summed E-state index contributed by atoms with van der Waals surface area (Å²) < 4.78 is 0. The van der Waals surface area contributed by atoms with E-state index >= 15 is 0 Å². The predicted octanol–water partition coefficient (Wildman–Crippen LogP) is 1.68.